The Bertz CT molecular complexity index is 949. The van der Waals surface area contributed by atoms with E-state index >= 15 is 0 Å². The molecule has 0 saturated carbocycles. The highest BCUT2D eigenvalue weighted by molar-refractivity contribution is 8.00. The van der Waals surface area contributed by atoms with E-state index in [9.17, 15) is 4.79 Å². The standard InChI is InChI=1S/C19H21N3OS2/c1-10-6-7-11(2)15(8-10)22-17(23)14(5)25-19-16-12(3)13(4)24-18(16)20-9-21-19/h6-9,14H,1-5H3,(H,22,23)/t14-/m0/s1. The smallest absolute Gasteiger partial charge is 0.237 e. The van der Waals surface area contributed by atoms with Gasteiger partial charge in [0.05, 0.1) is 5.25 Å². The molecule has 0 saturated heterocycles. The van der Waals surface area contributed by atoms with Crippen LogP contribution in [-0.4, -0.2) is 21.1 Å². The van der Waals surface area contributed by atoms with Crippen LogP contribution in [-0.2, 0) is 4.79 Å². The van der Waals surface area contributed by atoms with Gasteiger partial charge in [0.1, 0.15) is 16.2 Å². The molecule has 2 heterocycles. The average molecular weight is 372 g/mol. The van der Waals surface area contributed by atoms with Crippen LogP contribution in [0.5, 0.6) is 0 Å². The maximum Gasteiger partial charge on any atom is 0.237 e. The highest BCUT2D eigenvalue weighted by atomic mass is 32.2. The van der Waals surface area contributed by atoms with Gasteiger partial charge in [-0.2, -0.15) is 0 Å². The number of hydrogen-bond donors (Lipinski definition) is 1. The summed E-state index contributed by atoms with van der Waals surface area (Å²) in [7, 11) is 0. The van der Waals surface area contributed by atoms with Crippen molar-refractivity contribution in [3.63, 3.8) is 0 Å². The Balaban J connectivity index is 1.81. The number of nitrogens with zero attached hydrogens (tertiary/aromatic N) is 2. The molecule has 6 heteroatoms. The largest absolute Gasteiger partial charge is 0.325 e. The summed E-state index contributed by atoms with van der Waals surface area (Å²) in [5.74, 6) is -0.0185. The Morgan fingerprint density at radius 2 is 1.96 bits per heavy atom. The van der Waals surface area contributed by atoms with Crippen molar-refractivity contribution in [2.75, 3.05) is 5.32 Å². The van der Waals surface area contributed by atoms with Gasteiger partial charge >= 0.3 is 0 Å². The average Bonchev–Trinajstić information content (AvgIpc) is 2.86. The summed E-state index contributed by atoms with van der Waals surface area (Å²) in [6.45, 7) is 10.1. The maximum atomic E-state index is 12.6. The van der Waals surface area contributed by atoms with Gasteiger partial charge < -0.3 is 5.32 Å². The number of amides is 1. The molecule has 0 aliphatic carbocycles. The van der Waals surface area contributed by atoms with Crippen LogP contribution < -0.4 is 5.32 Å². The van der Waals surface area contributed by atoms with Crippen LogP contribution in [0.25, 0.3) is 10.2 Å². The van der Waals surface area contributed by atoms with Crippen LogP contribution in [0.3, 0.4) is 0 Å². The molecule has 0 aliphatic heterocycles. The van der Waals surface area contributed by atoms with Crippen molar-refractivity contribution in [1.29, 1.82) is 0 Å². The molecule has 0 unspecified atom stereocenters. The van der Waals surface area contributed by atoms with Crippen molar-refractivity contribution in [2.45, 2.75) is 44.9 Å². The number of hydrogen-bond acceptors (Lipinski definition) is 5. The minimum Gasteiger partial charge on any atom is -0.325 e. The van der Waals surface area contributed by atoms with Gasteiger partial charge in [0.15, 0.2) is 0 Å². The number of fused-ring (bicyclic) bond motifs is 1. The second-order valence-corrected chi connectivity index (χ2v) is 8.74. The molecule has 0 bridgehead atoms. The first-order chi connectivity index (χ1) is 11.9. The van der Waals surface area contributed by atoms with Gasteiger partial charge in [0.25, 0.3) is 0 Å². The fourth-order valence-corrected chi connectivity index (χ4v) is 4.60. The molecule has 1 N–H and O–H groups in total. The number of anilines is 1. The summed E-state index contributed by atoms with van der Waals surface area (Å²) in [6, 6.07) is 6.07. The number of rotatable bonds is 4. The highest BCUT2D eigenvalue weighted by Gasteiger charge is 2.20. The Hall–Kier alpha value is -1.92. The summed E-state index contributed by atoms with van der Waals surface area (Å²) < 4.78 is 0. The zero-order valence-corrected chi connectivity index (χ0v) is 16.6. The van der Waals surface area contributed by atoms with Gasteiger partial charge in [0.2, 0.25) is 5.91 Å². The molecule has 1 aromatic carbocycles. The summed E-state index contributed by atoms with van der Waals surface area (Å²) in [4.78, 5) is 23.6. The molecule has 0 fully saturated rings. The van der Waals surface area contributed by atoms with Gasteiger partial charge in [-0.3, -0.25) is 4.79 Å². The van der Waals surface area contributed by atoms with E-state index in [-0.39, 0.29) is 11.2 Å². The van der Waals surface area contributed by atoms with Crippen molar-refractivity contribution >= 4 is 44.9 Å². The molecule has 4 nitrogen and oxygen atoms in total. The number of thiophene rings is 1. The first-order valence-corrected chi connectivity index (χ1v) is 9.82. The second-order valence-electron chi connectivity index (χ2n) is 6.21. The van der Waals surface area contributed by atoms with Gasteiger partial charge in [0, 0.05) is 16.0 Å². The fraction of sp³-hybridized carbons (Fsp3) is 0.316. The molecular weight excluding hydrogens is 350 g/mol. The van der Waals surface area contributed by atoms with Crippen molar-refractivity contribution in [2.24, 2.45) is 0 Å². The predicted molar refractivity (Wildman–Crippen MR) is 107 cm³/mol. The van der Waals surface area contributed by atoms with Gasteiger partial charge in [-0.1, -0.05) is 23.9 Å². The van der Waals surface area contributed by atoms with Crippen LogP contribution in [0.15, 0.2) is 29.6 Å². The summed E-state index contributed by atoms with van der Waals surface area (Å²) in [6.07, 6.45) is 1.58. The third kappa shape index (κ3) is 3.70. The highest BCUT2D eigenvalue weighted by Crippen LogP contribution is 2.36. The first-order valence-electron chi connectivity index (χ1n) is 8.12. The first kappa shape index (κ1) is 17.9. The number of aryl methyl sites for hydroxylation is 4. The predicted octanol–water partition coefficient (Wildman–Crippen LogP) is 5.04. The molecule has 0 aliphatic rings. The number of aromatic nitrogens is 2. The normalized spacial score (nSPS) is 12.4. The Morgan fingerprint density at radius 3 is 2.72 bits per heavy atom. The zero-order valence-electron chi connectivity index (χ0n) is 15.0. The lowest BCUT2D eigenvalue weighted by molar-refractivity contribution is -0.115. The SMILES string of the molecule is Cc1ccc(C)c(NC(=O)[C@H](C)Sc2ncnc3sc(C)c(C)c23)c1. The van der Waals surface area contributed by atoms with E-state index in [4.69, 9.17) is 0 Å². The Morgan fingerprint density at radius 1 is 1.20 bits per heavy atom. The zero-order chi connectivity index (χ0) is 18.1. The lowest BCUT2D eigenvalue weighted by Gasteiger charge is -2.14. The molecule has 25 heavy (non-hydrogen) atoms. The Labute approximate surface area is 156 Å². The van der Waals surface area contributed by atoms with E-state index in [2.05, 4.69) is 29.1 Å². The number of carbonyl (C=O) groups excluding carboxylic acids is 1. The summed E-state index contributed by atoms with van der Waals surface area (Å²) in [5.41, 5.74) is 4.26. The molecule has 130 valence electrons. The molecule has 1 atom stereocenters. The molecule has 3 aromatic rings. The lowest BCUT2D eigenvalue weighted by atomic mass is 10.1. The van der Waals surface area contributed by atoms with Crippen LogP contribution in [0.1, 0.15) is 28.5 Å². The van der Waals surface area contributed by atoms with E-state index < -0.39 is 0 Å². The number of benzene rings is 1. The van der Waals surface area contributed by atoms with E-state index in [1.165, 1.54) is 22.2 Å². The Kier molecular flexibility index (Phi) is 5.11. The van der Waals surface area contributed by atoms with Crippen LogP contribution in [0.4, 0.5) is 5.69 Å². The summed E-state index contributed by atoms with van der Waals surface area (Å²) >= 11 is 3.15. The second kappa shape index (κ2) is 7.14. The minimum atomic E-state index is -0.252. The van der Waals surface area contributed by atoms with E-state index in [0.717, 1.165) is 32.1 Å². The van der Waals surface area contributed by atoms with Crippen LogP contribution in [0, 0.1) is 27.7 Å². The minimum absolute atomic E-state index is 0.0185. The number of thioether (sulfide) groups is 1. The van der Waals surface area contributed by atoms with Gasteiger partial charge in [-0.25, -0.2) is 9.97 Å². The molecule has 0 spiro atoms. The monoisotopic (exact) mass is 371 g/mol. The molecule has 3 rings (SSSR count). The van der Waals surface area contributed by atoms with Crippen molar-refractivity contribution in [3.05, 3.63) is 46.1 Å². The molecule has 1 amide bonds. The van der Waals surface area contributed by atoms with Crippen molar-refractivity contribution in [1.82, 2.24) is 9.97 Å². The van der Waals surface area contributed by atoms with Crippen LogP contribution in [0.2, 0.25) is 0 Å². The van der Waals surface area contributed by atoms with Gasteiger partial charge in [-0.05, 0) is 57.4 Å². The van der Waals surface area contributed by atoms with Gasteiger partial charge in [-0.15, -0.1) is 11.3 Å². The van der Waals surface area contributed by atoms with Crippen LogP contribution >= 0.6 is 23.1 Å². The third-order valence-corrected chi connectivity index (χ3v) is 6.45. The summed E-state index contributed by atoms with van der Waals surface area (Å²) in [5, 5.41) is 4.73. The molecule has 2 aromatic heterocycles. The third-order valence-electron chi connectivity index (χ3n) is 4.24. The molecule has 0 radical (unpaired) electrons. The fourth-order valence-electron chi connectivity index (χ4n) is 2.57. The number of nitrogens with one attached hydrogen (secondary N) is 1. The van der Waals surface area contributed by atoms with E-state index in [1.807, 2.05) is 39.0 Å². The maximum absolute atomic E-state index is 12.6. The van der Waals surface area contributed by atoms with E-state index in [0.29, 0.717) is 0 Å². The number of carbonyl (C=O) groups is 1. The van der Waals surface area contributed by atoms with Crippen molar-refractivity contribution < 1.29 is 4.79 Å². The quantitative estimate of drug-likeness (QED) is 0.515. The van der Waals surface area contributed by atoms with E-state index in [1.54, 1.807) is 17.7 Å². The lowest BCUT2D eigenvalue weighted by Crippen LogP contribution is -2.23. The molecular formula is C19H21N3OS2. The topological polar surface area (TPSA) is 54.9 Å². The van der Waals surface area contributed by atoms with Crippen molar-refractivity contribution in [3.8, 4) is 0 Å².